The first-order valence-electron chi connectivity index (χ1n) is 5.91. The van der Waals surface area contributed by atoms with E-state index in [1.807, 2.05) is 32.2 Å². The van der Waals surface area contributed by atoms with Crippen molar-refractivity contribution in [2.45, 2.75) is 19.9 Å². The first-order chi connectivity index (χ1) is 8.56. The first kappa shape index (κ1) is 14.3. The lowest BCUT2D eigenvalue weighted by atomic mass is 10.1. The van der Waals surface area contributed by atoms with Crippen LogP contribution < -0.4 is 5.73 Å². The molecule has 4 heteroatoms. The molecule has 0 aliphatic heterocycles. The Bertz CT molecular complexity index is 461. The molecule has 98 valence electrons. The number of rotatable bonds is 2. The molecule has 0 bridgehead atoms. The van der Waals surface area contributed by atoms with Crippen LogP contribution in [0.2, 0.25) is 0 Å². The van der Waals surface area contributed by atoms with E-state index < -0.39 is 6.04 Å². The quantitative estimate of drug-likeness (QED) is 0.801. The Labute approximate surface area is 107 Å². The van der Waals surface area contributed by atoms with Crippen LogP contribution in [0.4, 0.5) is 0 Å². The second-order valence-electron chi connectivity index (χ2n) is 4.36. The van der Waals surface area contributed by atoms with Gasteiger partial charge in [-0.15, -0.1) is 0 Å². The van der Waals surface area contributed by atoms with Crippen LogP contribution in [-0.4, -0.2) is 24.1 Å². The number of methoxy groups -OCH3 is 1. The zero-order valence-electron chi connectivity index (χ0n) is 11.0. The van der Waals surface area contributed by atoms with Crippen LogP contribution in [0.1, 0.15) is 13.8 Å². The van der Waals surface area contributed by atoms with Gasteiger partial charge < -0.3 is 15.5 Å². The van der Waals surface area contributed by atoms with Gasteiger partial charge in [-0.1, -0.05) is 32.0 Å². The van der Waals surface area contributed by atoms with Gasteiger partial charge in [0.05, 0.1) is 7.11 Å². The molecule has 0 fully saturated rings. The molecule has 18 heavy (non-hydrogen) atoms. The monoisotopic (exact) mass is 248 g/mol. The van der Waals surface area contributed by atoms with Crippen LogP contribution in [0.5, 0.6) is 0 Å². The molecule has 0 saturated heterocycles. The Balaban J connectivity index is 0.000000180. The molecule has 0 saturated carbocycles. The molecule has 0 amide bonds. The number of nitrogens with two attached hydrogens (primary N) is 1. The number of hydrogen-bond donors (Lipinski definition) is 2. The van der Waals surface area contributed by atoms with Gasteiger partial charge in [-0.25, -0.2) is 0 Å². The fraction of sp³-hybridized carbons (Fsp3) is 0.357. The van der Waals surface area contributed by atoms with E-state index in [0.29, 0.717) is 0 Å². The second-order valence-corrected chi connectivity index (χ2v) is 4.36. The fourth-order valence-corrected chi connectivity index (χ4v) is 1.40. The largest absolute Gasteiger partial charge is 0.468 e. The first-order valence-corrected chi connectivity index (χ1v) is 5.91. The molecule has 2 rings (SSSR count). The number of hydrogen-bond acceptors (Lipinski definition) is 3. The maximum atomic E-state index is 10.6. The van der Waals surface area contributed by atoms with Crippen molar-refractivity contribution in [1.82, 2.24) is 4.98 Å². The summed E-state index contributed by atoms with van der Waals surface area (Å²) in [6, 6.07) is 9.81. The predicted molar refractivity (Wildman–Crippen MR) is 73.1 cm³/mol. The fourth-order valence-electron chi connectivity index (χ4n) is 1.40. The van der Waals surface area contributed by atoms with Crippen LogP contribution in [0.15, 0.2) is 36.5 Å². The number of ether oxygens (including phenoxy) is 1. The van der Waals surface area contributed by atoms with E-state index >= 15 is 0 Å². The van der Waals surface area contributed by atoms with Crippen molar-refractivity contribution in [2.24, 2.45) is 11.7 Å². The average Bonchev–Trinajstić information content (AvgIpc) is 2.85. The number of nitrogens with one attached hydrogen (secondary N) is 1. The van der Waals surface area contributed by atoms with Crippen molar-refractivity contribution < 1.29 is 9.53 Å². The molecule has 3 N–H and O–H groups in total. The number of aromatic nitrogens is 1. The third-order valence-corrected chi connectivity index (χ3v) is 2.65. The van der Waals surface area contributed by atoms with Crippen molar-refractivity contribution in [3.05, 3.63) is 36.5 Å². The lowest BCUT2D eigenvalue weighted by Gasteiger charge is -2.11. The van der Waals surface area contributed by atoms with Crippen LogP contribution in [0.3, 0.4) is 0 Å². The van der Waals surface area contributed by atoms with E-state index in [9.17, 15) is 4.79 Å². The molecule has 1 aromatic carbocycles. The predicted octanol–water partition coefficient (Wildman–Crippen LogP) is 2.31. The van der Waals surface area contributed by atoms with Crippen molar-refractivity contribution >= 4 is 16.9 Å². The third kappa shape index (κ3) is 3.89. The molecular weight excluding hydrogens is 228 g/mol. The minimum absolute atomic E-state index is 0.150. The van der Waals surface area contributed by atoms with Crippen LogP contribution in [0, 0.1) is 5.92 Å². The third-order valence-electron chi connectivity index (χ3n) is 2.65. The number of carbonyl (C=O) groups excluding carboxylic acids is 1. The molecule has 1 aromatic heterocycles. The molecule has 1 heterocycles. The van der Waals surface area contributed by atoms with E-state index in [0.717, 1.165) is 0 Å². The zero-order valence-corrected chi connectivity index (χ0v) is 11.0. The van der Waals surface area contributed by atoms with E-state index in [1.165, 1.54) is 18.0 Å². The lowest BCUT2D eigenvalue weighted by molar-refractivity contribution is -0.143. The minimum Gasteiger partial charge on any atom is -0.468 e. The number of para-hydroxylation sites is 1. The Morgan fingerprint density at radius 1 is 1.28 bits per heavy atom. The van der Waals surface area contributed by atoms with Gasteiger partial charge in [0.2, 0.25) is 0 Å². The van der Waals surface area contributed by atoms with Crippen molar-refractivity contribution in [1.29, 1.82) is 0 Å². The highest BCUT2D eigenvalue weighted by Crippen LogP contribution is 2.09. The summed E-state index contributed by atoms with van der Waals surface area (Å²) in [7, 11) is 1.34. The standard InChI is InChI=1S/C8H7N.C6H13NO2/c1-2-4-8-7(3-1)5-6-9-8;1-4(2)5(7)6(8)9-3/h1-6,9H;4-5H,7H2,1-3H3/t;5-/m.0/s1. The van der Waals surface area contributed by atoms with Gasteiger partial charge in [0, 0.05) is 11.7 Å². The number of fused-ring (bicyclic) bond motifs is 1. The zero-order chi connectivity index (χ0) is 13.5. The SMILES string of the molecule is COC(=O)[C@@H](N)C(C)C.c1ccc2[nH]ccc2c1. The molecular formula is C14H20N2O2. The molecule has 2 aromatic rings. The van der Waals surface area contributed by atoms with Crippen molar-refractivity contribution in [3.63, 3.8) is 0 Å². The summed E-state index contributed by atoms with van der Waals surface area (Å²) in [6.07, 6.45) is 1.95. The van der Waals surface area contributed by atoms with Crippen molar-refractivity contribution in [2.75, 3.05) is 7.11 Å². The number of aromatic amines is 1. The van der Waals surface area contributed by atoms with Crippen LogP contribution in [0.25, 0.3) is 10.9 Å². The average molecular weight is 248 g/mol. The minimum atomic E-state index is -0.477. The Hall–Kier alpha value is -1.81. The Morgan fingerprint density at radius 3 is 2.44 bits per heavy atom. The van der Waals surface area contributed by atoms with Gasteiger partial charge >= 0.3 is 5.97 Å². The summed E-state index contributed by atoms with van der Waals surface area (Å²) < 4.78 is 4.41. The smallest absolute Gasteiger partial charge is 0.322 e. The highest BCUT2D eigenvalue weighted by molar-refractivity contribution is 5.78. The number of esters is 1. The summed E-state index contributed by atoms with van der Waals surface area (Å²) in [5, 5.41) is 1.28. The Morgan fingerprint density at radius 2 is 1.94 bits per heavy atom. The molecule has 0 aliphatic rings. The second kappa shape index (κ2) is 6.81. The van der Waals surface area contributed by atoms with Crippen molar-refractivity contribution in [3.8, 4) is 0 Å². The van der Waals surface area contributed by atoms with E-state index in [1.54, 1.807) is 0 Å². The van der Waals surface area contributed by atoms with E-state index in [-0.39, 0.29) is 11.9 Å². The summed E-state index contributed by atoms with van der Waals surface area (Å²) in [6.45, 7) is 3.75. The summed E-state index contributed by atoms with van der Waals surface area (Å²) in [5.41, 5.74) is 6.60. The molecule has 0 radical (unpaired) electrons. The van der Waals surface area contributed by atoms with Crippen LogP contribution >= 0.6 is 0 Å². The van der Waals surface area contributed by atoms with Gasteiger partial charge in [-0.2, -0.15) is 0 Å². The summed E-state index contributed by atoms with van der Waals surface area (Å²) in [5.74, 6) is -0.192. The number of H-pyrrole nitrogens is 1. The molecule has 1 atom stereocenters. The summed E-state index contributed by atoms with van der Waals surface area (Å²) in [4.78, 5) is 13.7. The van der Waals surface area contributed by atoms with Gasteiger partial charge in [0.25, 0.3) is 0 Å². The molecule has 0 spiro atoms. The summed E-state index contributed by atoms with van der Waals surface area (Å²) >= 11 is 0. The van der Waals surface area contributed by atoms with E-state index in [2.05, 4.69) is 27.9 Å². The van der Waals surface area contributed by atoms with Gasteiger partial charge in [0.1, 0.15) is 6.04 Å². The van der Waals surface area contributed by atoms with Gasteiger partial charge in [0.15, 0.2) is 0 Å². The lowest BCUT2D eigenvalue weighted by Crippen LogP contribution is -2.36. The normalized spacial score (nSPS) is 11.8. The Kier molecular flexibility index (Phi) is 5.39. The maximum Gasteiger partial charge on any atom is 0.322 e. The van der Waals surface area contributed by atoms with Gasteiger partial charge in [-0.05, 0) is 23.4 Å². The molecule has 0 aliphatic carbocycles. The number of carbonyl (C=O) groups is 1. The van der Waals surface area contributed by atoms with E-state index in [4.69, 9.17) is 5.73 Å². The number of benzene rings is 1. The maximum absolute atomic E-state index is 10.6. The van der Waals surface area contributed by atoms with Gasteiger partial charge in [-0.3, -0.25) is 4.79 Å². The highest BCUT2D eigenvalue weighted by Gasteiger charge is 2.16. The molecule has 4 nitrogen and oxygen atoms in total. The highest BCUT2D eigenvalue weighted by atomic mass is 16.5. The van der Waals surface area contributed by atoms with Crippen LogP contribution in [-0.2, 0) is 9.53 Å². The molecule has 0 unspecified atom stereocenters. The topological polar surface area (TPSA) is 68.1 Å².